The van der Waals surface area contributed by atoms with Gasteiger partial charge in [0, 0.05) is 31.0 Å². The molecule has 5 heteroatoms. The number of rotatable bonds is 8. The molecule has 3 aromatic rings. The first-order valence-corrected chi connectivity index (χ1v) is 9.83. The zero-order chi connectivity index (χ0) is 20.6. The monoisotopic (exact) mass is 391 g/mol. The standard InChI is InChI=1S/C24H26FN3O/c1-18(2)28(17-19-8-4-3-5-9-19)24(29)23-16-21(13-15-27-23)26-14-12-20-10-6-7-11-22(20)25/h3-11,13,15-16,18H,12,14,17H2,1-2H3,(H,26,27). The Morgan fingerprint density at radius 3 is 2.52 bits per heavy atom. The number of aromatic nitrogens is 1. The number of nitrogens with one attached hydrogen (secondary N) is 1. The van der Waals surface area contributed by atoms with Gasteiger partial charge in [0.1, 0.15) is 11.5 Å². The van der Waals surface area contributed by atoms with Crippen molar-refractivity contribution in [2.45, 2.75) is 32.9 Å². The largest absolute Gasteiger partial charge is 0.385 e. The number of benzene rings is 2. The lowest BCUT2D eigenvalue weighted by Gasteiger charge is -2.26. The van der Waals surface area contributed by atoms with Crippen LogP contribution in [0.2, 0.25) is 0 Å². The Morgan fingerprint density at radius 2 is 1.79 bits per heavy atom. The Morgan fingerprint density at radius 1 is 1.07 bits per heavy atom. The molecule has 1 aromatic heterocycles. The lowest BCUT2D eigenvalue weighted by Crippen LogP contribution is -2.36. The SMILES string of the molecule is CC(C)N(Cc1ccccc1)C(=O)c1cc(NCCc2ccccc2F)ccn1. The van der Waals surface area contributed by atoms with E-state index >= 15 is 0 Å². The van der Waals surface area contributed by atoms with Crippen molar-refractivity contribution in [2.75, 3.05) is 11.9 Å². The van der Waals surface area contributed by atoms with Gasteiger partial charge in [-0.05, 0) is 49.6 Å². The van der Waals surface area contributed by atoms with Gasteiger partial charge in [0.15, 0.2) is 0 Å². The second-order valence-electron chi connectivity index (χ2n) is 7.21. The summed E-state index contributed by atoms with van der Waals surface area (Å²) in [5, 5.41) is 3.26. The van der Waals surface area contributed by atoms with E-state index in [9.17, 15) is 9.18 Å². The Hall–Kier alpha value is -3.21. The number of carbonyl (C=O) groups excluding carboxylic acids is 1. The van der Waals surface area contributed by atoms with Gasteiger partial charge in [-0.15, -0.1) is 0 Å². The molecule has 0 aliphatic rings. The first-order valence-electron chi connectivity index (χ1n) is 9.83. The van der Waals surface area contributed by atoms with Gasteiger partial charge in [0.25, 0.3) is 5.91 Å². The predicted molar refractivity (Wildman–Crippen MR) is 114 cm³/mol. The van der Waals surface area contributed by atoms with E-state index in [-0.39, 0.29) is 17.8 Å². The second kappa shape index (κ2) is 9.82. The molecule has 29 heavy (non-hydrogen) atoms. The minimum atomic E-state index is -0.201. The summed E-state index contributed by atoms with van der Waals surface area (Å²) in [7, 11) is 0. The average Bonchev–Trinajstić information content (AvgIpc) is 2.74. The van der Waals surface area contributed by atoms with E-state index in [4.69, 9.17) is 0 Å². The van der Waals surface area contributed by atoms with E-state index < -0.39 is 0 Å². The van der Waals surface area contributed by atoms with E-state index in [1.807, 2.05) is 56.3 Å². The number of carbonyl (C=O) groups is 1. The molecule has 0 saturated heterocycles. The molecule has 0 saturated carbocycles. The van der Waals surface area contributed by atoms with Crippen LogP contribution in [0.25, 0.3) is 0 Å². The zero-order valence-electron chi connectivity index (χ0n) is 16.8. The molecule has 4 nitrogen and oxygen atoms in total. The molecule has 1 heterocycles. The van der Waals surface area contributed by atoms with Crippen molar-refractivity contribution in [3.05, 3.63) is 95.6 Å². The van der Waals surface area contributed by atoms with Gasteiger partial charge in [-0.25, -0.2) is 4.39 Å². The molecule has 0 bridgehead atoms. The van der Waals surface area contributed by atoms with E-state index in [0.29, 0.717) is 30.8 Å². The van der Waals surface area contributed by atoms with E-state index in [0.717, 1.165) is 11.3 Å². The average molecular weight is 391 g/mol. The number of pyridine rings is 1. The molecule has 1 amide bonds. The van der Waals surface area contributed by atoms with Crippen LogP contribution in [0, 0.1) is 5.82 Å². The lowest BCUT2D eigenvalue weighted by molar-refractivity contribution is 0.0684. The minimum Gasteiger partial charge on any atom is -0.385 e. The first-order chi connectivity index (χ1) is 14.0. The second-order valence-corrected chi connectivity index (χ2v) is 7.21. The van der Waals surface area contributed by atoms with Gasteiger partial charge in [-0.3, -0.25) is 9.78 Å². The smallest absolute Gasteiger partial charge is 0.273 e. The predicted octanol–water partition coefficient (Wildman–Crippen LogP) is 4.93. The number of halogens is 1. The van der Waals surface area contributed by atoms with Gasteiger partial charge < -0.3 is 10.2 Å². The van der Waals surface area contributed by atoms with Gasteiger partial charge in [0.05, 0.1) is 0 Å². The van der Waals surface area contributed by atoms with E-state index in [1.54, 1.807) is 29.3 Å². The summed E-state index contributed by atoms with van der Waals surface area (Å²) in [6, 6.07) is 20.3. The fourth-order valence-corrected chi connectivity index (χ4v) is 3.12. The van der Waals surface area contributed by atoms with Crippen molar-refractivity contribution >= 4 is 11.6 Å². The van der Waals surface area contributed by atoms with Crippen LogP contribution in [-0.2, 0) is 13.0 Å². The van der Waals surface area contributed by atoms with Crippen molar-refractivity contribution in [3.63, 3.8) is 0 Å². The maximum Gasteiger partial charge on any atom is 0.273 e. The maximum absolute atomic E-state index is 13.7. The number of amides is 1. The molecule has 0 aliphatic carbocycles. The van der Waals surface area contributed by atoms with Crippen LogP contribution in [0.5, 0.6) is 0 Å². The van der Waals surface area contributed by atoms with Crippen molar-refractivity contribution in [2.24, 2.45) is 0 Å². The van der Waals surface area contributed by atoms with Crippen LogP contribution in [0.3, 0.4) is 0 Å². The number of anilines is 1. The molecule has 0 spiro atoms. The third-order valence-corrected chi connectivity index (χ3v) is 4.74. The van der Waals surface area contributed by atoms with Gasteiger partial charge in [-0.2, -0.15) is 0 Å². The summed E-state index contributed by atoms with van der Waals surface area (Å²) < 4.78 is 13.7. The normalized spacial score (nSPS) is 10.8. The summed E-state index contributed by atoms with van der Waals surface area (Å²) in [6.45, 7) is 5.09. The van der Waals surface area contributed by atoms with Crippen molar-refractivity contribution in [1.82, 2.24) is 9.88 Å². The number of nitrogens with zero attached hydrogens (tertiary/aromatic N) is 2. The molecule has 0 aliphatic heterocycles. The maximum atomic E-state index is 13.7. The molecule has 2 aromatic carbocycles. The minimum absolute atomic E-state index is 0.0437. The molecule has 0 fully saturated rings. The van der Waals surface area contributed by atoms with Crippen LogP contribution in [0.1, 0.15) is 35.5 Å². The van der Waals surface area contributed by atoms with Gasteiger partial charge in [0.2, 0.25) is 0 Å². The van der Waals surface area contributed by atoms with E-state index in [2.05, 4.69) is 10.3 Å². The summed E-state index contributed by atoms with van der Waals surface area (Å²) in [5.74, 6) is -0.310. The van der Waals surface area contributed by atoms with Crippen LogP contribution in [0.15, 0.2) is 72.9 Å². The molecular formula is C24H26FN3O. The van der Waals surface area contributed by atoms with Crippen molar-refractivity contribution in [3.8, 4) is 0 Å². The van der Waals surface area contributed by atoms with Crippen molar-refractivity contribution < 1.29 is 9.18 Å². The molecule has 3 rings (SSSR count). The highest BCUT2D eigenvalue weighted by Crippen LogP contribution is 2.15. The quantitative estimate of drug-likeness (QED) is 0.592. The summed E-state index contributed by atoms with van der Waals surface area (Å²) in [6.07, 6.45) is 2.18. The molecule has 0 atom stereocenters. The third kappa shape index (κ3) is 5.64. The highest BCUT2D eigenvalue weighted by Gasteiger charge is 2.20. The lowest BCUT2D eigenvalue weighted by atomic mass is 10.1. The zero-order valence-corrected chi connectivity index (χ0v) is 16.8. The van der Waals surface area contributed by atoms with Crippen LogP contribution in [-0.4, -0.2) is 28.4 Å². The van der Waals surface area contributed by atoms with Gasteiger partial charge >= 0.3 is 0 Å². The van der Waals surface area contributed by atoms with Gasteiger partial charge in [-0.1, -0.05) is 48.5 Å². The highest BCUT2D eigenvalue weighted by atomic mass is 19.1. The molecule has 0 radical (unpaired) electrons. The van der Waals surface area contributed by atoms with Crippen molar-refractivity contribution in [1.29, 1.82) is 0 Å². The molecular weight excluding hydrogens is 365 g/mol. The van der Waals surface area contributed by atoms with Crippen LogP contribution < -0.4 is 5.32 Å². The number of hydrogen-bond acceptors (Lipinski definition) is 3. The Bertz CT molecular complexity index is 944. The van der Waals surface area contributed by atoms with Crippen LogP contribution >= 0.6 is 0 Å². The first kappa shape index (κ1) is 20.5. The molecule has 150 valence electrons. The van der Waals surface area contributed by atoms with E-state index in [1.165, 1.54) is 6.07 Å². The Kier molecular flexibility index (Phi) is 6.95. The Balaban J connectivity index is 1.66. The Labute approximate surface area is 171 Å². The molecule has 0 unspecified atom stereocenters. The fourth-order valence-electron chi connectivity index (χ4n) is 3.12. The summed E-state index contributed by atoms with van der Waals surface area (Å²) in [5.41, 5.74) is 2.93. The third-order valence-electron chi connectivity index (χ3n) is 4.74. The summed E-state index contributed by atoms with van der Waals surface area (Å²) >= 11 is 0. The fraction of sp³-hybridized carbons (Fsp3) is 0.250. The van der Waals surface area contributed by atoms with Crippen LogP contribution in [0.4, 0.5) is 10.1 Å². The summed E-state index contributed by atoms with van der Waals surface area (Å²) in [4.78, 5) is 19.1. The number of hydrogen-bond donors (Lipinski definition) is 1. The molecule has 1 N–H and O–H groups in total. The highest BCUT2D eigenvalue weighted by molar-refractivity contribution is 5.93. The topological polar surface area (TPSA) is 45.2 Å².